The minimum Gasteiger partial charge on any atom is -0.440 e. The Labute approximate surface area is 173 Å². The lowest BCUT2D eigenvalue weighted by Gasteiger charge is -2.08. The molecule has 1 aliphatic carbocycles. The molecule has 1 amide bonds. The summed E-state index contributed by atoms with van der Waals surface area (Å²) in [6.07, 6.45) is 2.15. The molecule has 1 fully saturated rings. The van der Waals surface area contributed by atoms with E-state index in [9.17, 15) is 18.0 Å². The highest BCUT2D eigenvalue weighted by molar-refractivity contribution is 7.89. The molecule has 1 heterocycles. The molecule has 1 saturated carbocycles. The zero-order valence-corrected chi connectivity index (χ0v) is 17.2. The third-order valence-electron chi connectivity index (χ3n) is 4.83. The molecule has 1 aliphatic rings. The van der Waals surface area contributed by atoms with E-state index in [-0.39, 0.29) is 29.6 Å². The van der Waals surface area contributed by atoms with E-state index in [2.05, 4.69) is 15.0 Å². The van der Waals surface area contributed by atoms with Crippen molar-refractivity contribution in [2.45, 2.75) is 37.0 Å². The SMILES string of the molecule is CC(=O)c1ccc(S(=O)(=O)NCCC(=O)Nc2ccc3oc(C4CC4)nc3c2)cc1. The number of amides is 1. The molecule has 9 heteroatoms. The van der Waals surface area contributed by atoms with E-state index >= 15 is 0 Å². The van der Waals surface area contributed by atoms with Crippen molar-refractivity contribution in [1.82, 2.24) is 9.71 Å². The van der Waals surface area contributed by atoms with Crippen LogP contribution in [-0.4, -0.2) is 31.6 Å². The number of fused-ring (bicyclic) bond motifs is 1. The Hall–Kier alpha value is -3.04. The number of hydrogen-bond acceptors (Lipinski definition) is 6. The highest BCUT2D eigenvalue weighted by Gasteiger charge is 2.28. The van der Waals surface area contributed by atoms with Crippen molar-refractivity contribution in [1.29, 1.82) is 0 Å². The van der Waals surface area contributed by atoms with Crippen LogP contribution in [0.3, 0.4) is 0 Å². The van der Waals surface area contributed by atoms with Gasteiger partial charge in [0.05, 0.1) is 4.90 Å². The van der Waals surface area contributed by atoms with Crippen molar-refractivity contribution in [3.8, 4) is 0 Å². The normalized spacial score (nSPS) is 14.0. The molecule has 1 aromatic heterocycles. The van der Waals surface area contributed by atoms with Crippen molar-refractivity contribution < 1.29 is 22.4 Å². The Bertz CT molecular complexity index is 1210. The van der Waals surface area contributed by atoms with Crippen LogP contribution in [-0.2, 0) is 14.8 Å². The second-order valence-electron chi connectivity index (χ2n) is 7.29. The Morgan fingerprint density at radius 3 is 2.53 bits per heavy atom. The number of ketones is 1. The molecule has 3 aromatic rings. The first kappa shape index (κ1) is 20.2. The minimum absolute atomic E-state index is 0.0328. The predicted molar refractivity (Wildman–Crippen MR) is 111 cm³/mol. The van der Waals surface area contributed by atoms with Gasteiger partial charge in [0.1, 0.15) is 5.52 Å². The maximum absolute atomic E-state index is 12.3. The smallest absolute Gasteiger partial charge is 0.240 e. The summed E-state index contributed by atoms with van der Waals surface area (Å²) in [4.78, 5) is 28.0. The number of benzene rings is 2. The van der Waals surface area contributed by atoms with Crippen LogP contribution in [0, 0.1) is 0 Å². The van der Waals surface area contributed by atoms with Gasteiger partial charge in [0.2, 0.25) is 15.9 Å². The van der Waals surface area contributed by atoms with E-state index in [1.807, 2.05) is 0 Å². The first-order chi connectivity index (χ1) is 14.3. The molecule has 2 aromatic carbocycles. The molecule has 156 valence electrons. The zero-order chi connectivity index (χ0) is 21.3. The van der Waals surface area contributed by atoms with Crippen LogP contribution in [0.25, 0.3) is 11.1 Å². The van der Waals surface area contributed by atoms with E-state index in [4.69, 9.17) is 4.42 Å². The highest BCUT2D eigenvalue weighted by Crippen LogP contribution is 2.40. The van der Waals surface area contributed by atoms with Gasteiger partial charge in [-0.05, 0) is 50.1 Å². The predicted octanol–water partition coefficient (Wildman–Crippen LogP) is 3.21. The summed E-state index contributed by atoms with van der Waals surface area (Å²) in [5, 5.41) is 2.74. The average Bonchev–Trinajstić information content (AvgIpc) is 3.47. The van der Waals surface area contributed by atoms with Gasteiger partial charge in [-0.2, -0.15) is 0 Å². The second kappa shape index (κ2) is 8.00. The van der Waals surface area contributed by atoms with Crippen LogP contribution < -0.4 is 10.0 Å². The van der Waals surface area contributed by atoms with Crippen molar-refractivity contribution in [3.63, 3.8) is 0 Å². The molecule has 0 atom stereocenters. The monoisotopic (exact) mass is 427 g/mol. The van der Waals surface area contributed by atoms with E-state index in [1.54, 1.807) is 18.2 Å². The maximum atomic E-state index is 12.3. The fourth-order valence-corrected chi connectivity index (χ4v) is 4.03. The highest BCUT2D eigenvalue weighted by atomic mass is 32.2. The van der Waals surface area contributed by atoms with Gasteiger partial charge in [-0.15, -0.1) is 0 Å². The molecule has 30 heavy (non-hydrogen) atoms. The van der Waals surface area contributed by atoms with Gasteiger partial charge in [0.15, 0.2) is 17.3 Å². The molecule has 0 bridgehead atoms. The van der Waals surface area contributed by atoms with Gasteiger partial charge in [-0.3, -0.25) is 9.59 Å². The van der Waals surface area contributed by atoms with Crippen LogP contribution in [0.15, 0.2) is 51.8 Å². The molecular formula is C21H21N3O5S. The molecule has 0 saturated heterocycles. The number of carbonyl (C=O) groups is 2. The van der Waals surface area contributed by atoms with Crippen molar-refractivity contribution in [3.05, 3.63) is 53.9 Å². The Morgan fingerprint density at radius 2 is 1.87 bits per heavy atom. The molecular weight excluding hydrogens is 406 g/mol. The van der Waals surface area contributed by atoms with Gasteiger partial charge in [-0.1, -0.05) is 12.1 Å². The number of carbonyl (C=O) groups excluding carboxylic acids is 2. The summed E-state index contributed by atoms with van der Waals surface area (Å²) in [6, 6.07) is 10.9. The topological polar surface area (TPSA) is 118 Å². The van der Waals surface area contributed by atoms with Crippen LogP contribution in [0.5, 0.6) is 0 Å². The Balaban J connectivity index is 1.32. The van der Waals surface area contributed by atoms with Gasteiger partial charge >= 0.3 is 0 Å². The lowest BCUT2D eigenvalue weighted by molar-refractivity contribution is -0.116. The number of anilines is 1. The molecule has 2 N–H and O–H groups in total. The summed E-state index contributed by atoms with van der Waals surface area (Å²) < 4.78 is 32.7. The minimum atomic E-state index is -3.76. The third-order valence-corrected chi connectivity index (χ3v) is 6.31. The van der Waals surface area contributed by atoms with Gasteiger partial charge in [-0.25, -0.2) is 18.1 Å². The van der Waals surface area contributed by atoms with Crippen LogP contribution >= 0.6 is 0 Å². The lowest BCUT2D eigenvalue weighted by atomic mass is 10.2. The average molecular weight is 427 g/mol. The third kappa shape index (κ3) is 4.58. The molecule has 8 nitrogen and oxygen atoms in total. The van der Waals surface area contributed by atoms with Crippen molar-refractivity contribution >= 4 is 38.5 Å². The van der Waals surface area contributed by atoms with Gasteiger partial charge in [0, 0.05) is 30.1 Å². The largest absolute Gasteiger partial charge is 0.440 e. The van der Waals surface area contributed by atoms with E-state index in [1.165, 1.54) is 31.2 Å². The molecule has 0 unspecified atom stereocenters. The number of nitrogens with one attached hydrogen (secondary N) is 2. The summed E-state index contributed by atoms with van der Waals surface area (Å²) >= 11 is 0. The second-order valence-corrected chi connectivity index (χ2v) is 9.05. The number of Topliss-reactive ketones (excluding diaryl/α,β-unsaturated/α-hetero) is 1. The quantitative estimate of drug-likeness (QED) is 0.533. The molecule has 0 aliphatic heterocycles. The molecule has 4 rings (SSSR count). The Morgan fingerprint density at radius 1 is 1.13 bits per heavy atom. The summed E-state index contributed by atoms with van der Waals surface area (Å²) in [5.41, 5.74) is 2.37. The van der Waals surface area contributed by atoms with Crippen molar-refractivity contribution in [2.24, 2.45) is 0 Å². The lowest BCUT2D eigenvalue weighted by Crippen LogP contribution is -2.27. The fourth-order valence-electron chi connectivity index (χ4n) is 3.00. The Kier molecular flexibility index (Phi) is 5.40. The first-order valence-electron chi connectivity index (χ1n) is 9.63. The van der Waals surface area contributed by atoms with E-state index in [0.717, 1.165) is 18.7 Å². The van der Waals surface area contributed by atoms with Crippen molar-refractivity contribution in [2.75, 3.05) is 11.9 Å². The van der Waals surface area contributed by atoms with E-state index in [0.29, 0.717) is 28.3 Å². The number of oxazole rings is 1. The molecule has 0 spiro atoms. The number of sulfonamides is 1. The van der Waals surface area contributed by atoms with Gasteiger partial charge in [0.25, 0.3) is 0 Å². The van der Waals surface area contributed by atoms with E-state index < -0.39 is 10.0 Å². The number of hydrogen-bond donors (Lipinski definition) is 2. The van der Waals surface area contributed by atoms with Gasteiger partial charge < -0.3 is 9.73 Å². The fraction of sp³-hybridized carbons (Fsp3) is 0.286. The zero-order valence-electron chi connectivity index (χ0n) is 16.3. The number of nitrogens with zero attached hydrogens (tertiary/aromatic N) is 1. The number of rotatable bonds is 8. The molecule has 0 radical (unpaired) electrons. The van der Waals surface area contributed by atoms with Crippen LogP contribution in [0.1, 0.15) is 48.4 Å². The van der Waals surface area contributed by atoms with Crippen LogP contribution in [0.2, 0.25) is 0 Å². The summed E-state index contributed by atoms with van der Waals surface area (Å²) in [6.45, 7) is 1.35. The first-order valence-corrected chi connectivity index (χ1v) is 11.1. The maximum Gasteiger partial charge on any atom is 0.240 e. The standard InChI is InChI=1S/C21H21N3O5S/c1-13(25)14-4-7-17(8-5-14)30(27,28)22-11-10-20(26)23-16-6-9-19-18(12-16)24-21(29-19)15-2-3-15/h4-9,12,15,22H,2-3,10-11H2,1H3,(H,23,26). The summed E-state index contributed by atoms with van der Waals surface area (Å²) in [5.74, 6) is 0.674. The summed E-state index contributed by atoms with van der Waals surface area (Å²) in [7, 11) is -3.76. The number of aromatic nitrogens is 1. The van der Waals surface area contributed by atoms with Crippen LogP contribution in [0.4, 0.5) is 5.69 Å².